The molecule has 0 N–H and O–H groups in total. The predicted octanol–water partition coefficient (Wildman–Crippen LogP) is 3.06. The SMILES string of the molecule is CC(=O)c1noc(C(C(C)C)C(C)(C)C)n1. The number of carbonyl (C=O) groups is 1. The van der Waals surface area contributed by atoms with Crippen molar-refractivity contribution < 1.29 is 9.32 Å². The van der Waals surface area contributed by atoms with Crippen molar-refractivity contribution in [2.24, 2.45) is 11.3 Å². The first kappa shape index (κ1) is 12.9. The fourth-order valence-corrected chi connectivity index (χ4v) is 2.16. The second-order valence-electron chi connectivity index (χ2n) is 5.60. The van der Waals surface area contributed by atoms with Crippen LogP contribution in [0, 0.1) is 11.3 Å². The number of hydrogen-bond acceptors (Lipinski definition) is 4. The molecule has 0 amide bonds. The summed E-state index contributed by atoms with van der Waals surface area (Å²) in [7, 11) is 0. The molecule has 4 nitrogen and oxygen atoms in total. The molecule has 0 radical (unpaired) electrons. The van der Waals surface area contributed by atoms with Crippen LogP contribution in [0.3, 0.4) is 0 Å². The molecule has 16 heavy (non-hydrogen) atoms. The molecule has 0 spiro atoms. The molecule has 4 heteroatoms. The molecule has 0 aromatic carbocycles. The van der Waals surface area contributed by atoms with Crippen LogP contribution in [-0.4, -0.2) is 15.9 Å². The zero-order chi connectivity index (χ0) is 12.5. The average molecular weight is 224 g/mol. The van der Waals surface area contributed by atoms with E-state index in [0.717, 1.165) is 0 Å². The van der Waals surface area contributed by atoms with Crippen molar-refractivity contribution in [3.8, 4) is 0 Å². The molecule has 0 saturated heterocycles. The Bertz CT molecular complexity index is 375. The minimum absolute atomic E-state index is 0.0365. The van der Waals surface area contributed by atoms with Gasteiger partial charge in [0.05, 0.1) is 0 Å². The van der Waals surface area contributed by atoms with Gasteiger partial charge in [-0.05, 0) is 11.3 Å². The van der Waals surface area contributed by atoms with Crippen LogP contribution in [0.1, 0.15) is 64.0 Å². The van der Waals surface area contributed by atoms with Crippen molar-refractivity contribution in [1.82, 2.24) is 10.1 Å². The normalized spacial score (nSPS) is 14.2. The molecule has 1 heterocycles. The van der Waals surface area contributed by atoms with E-state index < -0.39 is 0 Å². The lowest BCUT2D eigenvalue weighted by Gasteiger charge is -2.30. The highest BCUT2D eigenvalue weighted by Crippen LogP contribution is 2.39. The summed E-state index contributed by atoms with van der Waals surface area (Å²) < 4.78 is 5.19. The Balaban J connectivity index is 3.08. The van der Waals surface area contributed by atoms with Gasteiger partial charge < -0.3 is 4.52 Å². The Morgan fingerprint density at radius 1 is 1.31 bits per heavy atom. The predicted molar refractivity (Wildman–Crippen MR) is 61.3 cm³/mol. The Kier molecular flexibility index (Phi) is 3.51. The molecule has 0 saturated carbocycles. The van der Waals surface area contributed by atoms with Gasteiger partial charge in [0.15, 0.2) is 0 Å². The third-order valence-corrected chi connectivity index (χ3v) is 2.62. The lowest BCUT2D eigenvalue weighted by Crippen LogP contribution is -2.23. The van der Waals surface area contributed by atoms with Crippen LogP contribution < -0.4 is 0 Å². The molecule has 1 aromatic rings. The van der Waals surface area contributed by atoms with Gasteiger partial charge >= 0.3 is 0 Å². The minimum Gasteiger partial charge on any atom is -0.339 e. The Labute approximate surface area is 96.4 Å². The molecule has 1 aromatic heterocycles. The summed E-state index contributed by atoms with van der Waals surface area (Å²) in [5, 5.41) is 3.70. The van der Waals surface area contributed by atoms with Crippen LogP contribution in [-0.2, 0) is 0 Å². The second kappa shape index (κ2) is 4.36. The highest BCUT2D eigenvalue weighted by molar-refractivity contribution is 5.89. The zero-order valence-corrected chi connectivity index (χ0v) is 10.9. The first-order valence-electron chi connectivity index (χ1n) is 5.58. The van der Waals surface area contributed by atoms with Crippen LogP contribution in [0.5, 0.6) is 0 Å². The van der Waals surface area contributed by atoms with Crippen molar-refractivity contribution >= 4 is 5.78 Å². The summed E-state index contributed by atoms with van der Waals surface area (Å²) in [5.74, 6) is 1.12. The van der Waals surface area contributed by atoms with E-state index >= 15 is 0 Å². The van der Waals surface area contributed by atoms with Crippen molar-refractivity contribution in [2.75, 3.05) is 0 Å². The maximum absolute atomic E-state index is 11.1. The van der Waals surface area contributed by atoms with E-state index in [1.165, 1.54) is 6.92 Å². The molecule has 1 rings (SSSR count). The van der Waals surface area contributed by atoms with E-state index in [9.17, 15) is 4.79 Å². The molecular formula is C12H20N2O2. The maximum Gasteiger partial charge on any atom is 0.238 e. The summed E-state index contributed by atoms with van der Waals surface area (Å²) >= 11 is 0. The number of aromatic nitrogens is 2. The highest BCUT2D eigenvalue weighted by Gasteiger charge is 2.34. The molecule has 0 bridgehead atoms. The fourth-order valence-electron chi connectivity index (χ4n) is 2.16. The van der Waals surface area contributed by atoms with E-state index in [1.54, 1.807) is 0 Å². The highest BCUT2D eigenvalue weighted by atomic mass is 16.5. The van der Waals surface area contributed by atoms with Crippen molar-refractivity contribution in [1.29, 1.82) is 0 Å². The Hall–Kier alpha value is -1.19. The number of nitrogens with zero attached hydrogens (tertiary/aromatic N) is 2. The van der Waals surface area contributed by atoms with Crippen LogP contribution in [0.4, 0.5) is 0 Å². The van der Waals surface area contributed by atoms with Gasteiger partial charge in [-0.25, -0.2) is 0 Å². The van der Waals surface area contributed by atoms with E-state index in [-0.39, 0.29) is 22.9 Å². The number of ketones is 1. The molecule has 90 valence electrons. The number of rotatable bonds is 3. The van der Waals surface area contributed by atoms with Gasteiger partial charge in [0, 0.05) is 12.8 Å². The maximum atomic E-state index is 11.1. The summed E-state index contributed by atoms with van der Waals surface area (Å²) in [5.41, 5.74) is 0.0365. The lowest BCUT2D eigenvalue weighted by atomic mass is 9.74. The molecule has 0 aliphatic heterocycles. The molecular weight excluding hydrogens is 204 g/mol. The summed E-state index contributed by atoms with van der Waals surface area (Å²) in [6.45, 7) is 12.1. The first-order valence-corrected chi connectivity index (χ1v) is 5.58. The largest absolute Gasteiger partial charge is 0.339 e. The van der Waals surface area contributed by atoms with E-state index in [0.29, 0.717) is 11.8 Å². The van der Waals surface area contributed by atoms with Gasteiger partial charge in [-0.1, -0.05) is 39.8 Å². The molecule has 1 atom stereocenters. The Morgan fingerprint density at radius 2 is 1.88 bits per heavy atom. The third kappa shape index (κ3) is 2.68. The topological polar surface area (TPSA) is 56.0 Å². The van der Waals surface area contributed by atoms with Crippen molar-refractivity contribution in [3.05, 3.63) is 11.7 Å². The van der Waals surface area contributed by atoms with Gasteiger partial charge in [0.2, 0.25) is 17.5 Å². The lowest BCUT2D eigenvalue weighted by molar-refractivity contribution is 0.100. The van der Waals surface area contributed by atoms with Gasteiger partial charge in [-0.3, -0.25) is 4.79 Å². The summed E-state index contributed by atoms with van der Waals surface area (Å²) in [6.07, 6.45) is 0. The Morgan fingerprint density at radius 3 is 2.19 bits per heavy atom. The molecule has 0 aliphatic rings. The van der Waals surface area contributed by atoms with E-state index in [4.69, 9.17) is 4.52 Å². The summed E-state index contributed by atoms with van der Waals surface area (Å²) in [6, 6.07) is 0. The third-order valence-electron chi connectivity index (χ3n) is 2.62. The quantitative estimate of drug-likeness (QED) is 0.740. The fraction of sp³-hybridized carbons (Fsp3) is 0.750. The van der Waals surface area contributed by atoms with Gasteiger partial charge in [-0.15, -0.1) is 0 Å². The monoisotopic (exact) mass is 224 g/mol. The van der Waals surface area contributed by atoms with Crippen LogP contribution >= 0.6 is 0 Å². The number of Topliss-reactive ketones (excluding diaryl/α,β-unsaturated/α-hetero) is 1. The second-order valence-corrected chi connectivity index (χ2v) is 5.60. The van der Waals surface area contributed by atoms with Crippen LogP contribution in [0.25, 0.3) is 0 Å². The van der Waals surface area contributed by atoms with Crippen molar-refractivity contribution in [2.45, 2.75) is 47.5 Å². The minimum atomic E-state index is -0.161. The zero-order valence-electron chi connectivity index (χ0n) is 10.9. The van der Waals surface area contributed by atoms with E-state index in [1.807, 2.05) is 0 Å². The van der Waals surface area contributed by atoms with Crippen molar-refractivity contribution in [3.63, 3.8) is 0 Å². The van der Waals surface area contributed by atoms with Crippen LogP contribution in [0.15, 0.2) is 4.52 Å². The van der Waals surface area contributed by atoms with Gasteiger partial charge in [0.25, 0.3) is 0 Å². The van der Waals surface area contributed by atoms with Crippen LogP contribution in [0.2, 0.25) is 0 Å². The molecule has 0 aliphatic carbocycles. The number of carbonyl (C=O) groups excluding carboxylic acids is 1. The molecule has 0 fully saturated rings. The van der Waals surface area contributed by atoms with Gasteiger partial charge in [0.1, 0.15) is 0 Å². The first-order chi connectivity index (χ1) is 7.23. The smallest absolute Gasteiger partial charge is 0.238 e. The van der Waals surface area contributed by atoms with Gasteiger partial charge in [-0.2, -0.15) is 4.98 Å². The molecule has 1 unspecified atom stereocenters. The standard InChI is InChI=1S/C12H20N2O2/c1-7(2)9(12(4,5)6)11-13-10(8(3)15)14-16-11/h7,9H,1-6H3. The average Bonchev–Trinajstić information content (AvgIpc) is 2.49. The number of hydrogen-bond donors (Lipinski definition) is 0. The summed E-state index contributed by atoms with van der Waals surface area (Å²) in [4.78, 5) is 15.3. The van der Waals surface area contributed by atoms with E-state index in [2.05, 4.69) is 44.8 Å².